The van der Waals surface area contributed by atoms with Crippen molar-refractivity contribution in [3.05, 3.63) is 35.6 Å². The molecule has 0 aliphatic rings. The van der Waals surface area contributed by atoms with Crippen molar-refractivity contribution in [2.24, 2.45) is 5.92 Å². The number of hydrogen-bond acceptors (Lipinski definition) is 1. The van der Waals surface area contributed by atoms with E-state index in [1.54, 1.807) is 0 Å². The van der Waals surface area contributed by atoms with Gasteiger partial charge in [-0.25, -0.2) is 0 Å². The third-order valence-corrected chi connectivity index (χ3v) is 2.25. The lowest BCUT2D eigenvalue weighted by Gasteiger charge is -2.16. The van der Waals surface area contributed by atoms with Crippen molar-refractivity contribution in [1.29, 1.82) is 0 Å². The van der Waals surface area contributed by atoms with Gasteiger partial charge < -0.3 is 5.32 Å². The second-order valence-corrected chi connectivity index (χ2v) is 3.38. The molecular weight excluding hydrogens is 158 g/mol. The van der Waals surface area contributed by atoms with Gasteiger partial charge in [-0.15, -0.1) is 0 Å². The highest BCUT2D eigenvalue weighted by molar-refractivity contribution is 5.31. The van der Waals surface area contributed by atoms with Crippen LogP contribution < -0.4 is 5.32 Å². The largest absolute Gasteiger partial charge is 0.391 e. The first-order valence-corrected chi connectivity index (χ1v) is 4.71. The van der Waals surface area contributed by atoms with Crippen molar-refractivity contribution in [3.63, 3.8) is 0 Å². The lowest BCUT2D eigenvalue weighted by atomic mass is 9.99. The third kappa shape index (κ3) is 3.49. The molecule has 0 saturated carbocycles. The first-order valence-electron chi connectivity index (χ1n) is 4.71. The molecule has 0 aromatic rings. The molecule has 0 aromatic heterocycles. The lowest BCUT2D eigenvalue weighted by Crippen LogP contribution is -2.15. The van der Waals surface area contributed by atoms with E-state index in [4.69, 9.17) is 0 Å². The van der Waals surface area contributed by atoms with Crippen molar-refractivity contribution in [2.45, 2.75) is 27.7 Å². The molecule has 13 heavy (non-hydrogen) atoms. The summed E-state index contributed by atoms with van der Waals surface area (Å²) in [4.78, 5) is 0. The fourth-order valence-electron chi connectivity index (χ4n) is 1.37. The van der Waals surface area contributed by atoms with Crippen molar-refractivity contribution in [3.8, 4) is 0 Å². The second-order valence-electron chi connectivity index (χ2n) is 3.38. The first kappa shape index (κ1) is 12.0. The molecule has 1 N–H and O–H groups in total. The molecule has 0 radical (unpaired) electrons. The van der Waals surface area contributed by atoms with Gasteiger partial charge in [0.25, 0.3) is 0 Å². The van der Waals surface area contributed by atoms with E-state index < -0.39 is 0 Å². The molecule has 0 aliphatic carbocycles. The SMILES string of the molecule is C=C(C)/C(C)=C(\NC)C(C)/C=C\C. The number of allylic oxidation sites excluding steroid dienone is 4. The van der Waals surface area contributed by atoms with Crippen LogP contribution >= 0.6 is 0 Å². The van der Waals surface area contributed by atoms with Crippen LogP contribution in [0.3, 0.4) is 0 Å². The van der Waals surface area contributed by atoms with Crippen LogP contribution in [0.15, 0.2) is 35.6 Å². The van der Waals surface area contributed by atoms with Crippen molar-refractivity contribution in [1.82, 2.24) is 5.32 Å². The van der Waals surface area contributed by atoms with E-state index in [-0.39, 0.29) is 0 Å². The highest BCUT2D eigenvalue weighted by Gasteiger charge is 2.07. The van der Waals surface area contributed by atoms with Gasteiger partial charge in [0, 0.05) is 18.7 Å². The number of hydrogen-bond donors (Lipinski definition) is 1. The summed E-state index contributed by atoms with van der Waals surface area (Å²) in [7, 11) is 1.96. The zero-order valence-corrected chi connectivity index (χ0v) is 9.44. The van der Waals surface area contributed by atoms with Crippen LogP contribution in [0.1, 0.15) is 27.7 Å². The Morgan fingerprint density at radius 2 is 1.92 bits per heavy atom. The highest BCUT2D eigenvalue weighted by Crippen LogP contribution is 2.18. The molecule has 0 amide bonds. The van der Waals surface area contributed by atoms with E-state index in [2.05, 4.69) is 37.9 Å². The maximum Gasteiger partial charge on any atom is 0.0203 e. The van der Waals surface area contributed by atoms with Gasteiger partial charge in [0.1, 0.15) is 0 Å². The first-order chi connectivity index (χ1) is 6.04. The van der Waals surface area contributed by atoms with Crippen LogP contribution in [0.4, 0.5) is 0 Å². The predicted octanol–water partition coefficient (Wildman–Crippen LogP) is 3.27. The Kier molecular flexibility index (Phi) is 5.20. The van der Waals surface area contributed by atoms with Crippen LogP contribution in [-0.2, 0) is 0 Å². The Bertz CT molecular complexity index is 234. The summed E-state index contributed by atoms with van der Waals surface area (Å²) in [5.41, 5.74) is 3.64. The van der Waals surface area contributed by atoms with E-state index in [1.807, 2.05) is 20.9 Å². The van der Waals surface area contributed by atoms with Crippen molar-refractivity contribution < 1.29 is 0 Å². The topological polar surface area (TPSA) is 12.0 Å². The van der Waals surface area contributed by atoms with Crippen molar-refractivity contribution >= 4 is 0 Å². The minimum Gasteiger partial charge on any atom is -0.391 e. The maximum atomic E-state index is 3.94. The molecule has 0 fully saturated rings. The molecule has 1 unspecified atom stereocenters. The second kappa shape index (κ2) is 5.63. The molecule has 0 aliphatic heterocycles. The molecular formula is C12H21N. The van der Waals surface area contributed by atoms with Gasteiger partial charge >= 0.3 is 0 Å². The van der Waals surface area contributed by atoms with E-state index in [0.717, 1.165) is 5.57 Å². The van der Waals surface area contributed by atoms with Gasteiger partial charge in [-0.2, -0.15) is 0 Å². The standard InChI is InChI=1S/C12H21N/c1-7-8-10(4)12(13-6)11(5)9(2)3/h7-8,10,13H,2H2,1,3-6H3/b8-7-,12-11-. The quantitative estimate of drug-likeness (QED) is 0.516. The molecule has 1 heteroatoms. The maximum absolute atomic E-state index is 3.94. The highest BCUT2D eigenvalue weighted by atomic mass is 14.8. The summed E-state index contributed by atoms with van der Waals surface area (Å²) in [5.74, 6) is 0.437. The molecule has 1 atom stereocenters. The summed E-state index contributed by atoms with van der Waals surface area (Å²) in [6, 6.07) is 0. The zero-order chi connectivity index (χ0) is 10.4. The fourth-order valence-corrected chi connectivity index (χ4v) is 1.37. The van der Waals surface area contributed by atoms with Gasteiger partial charge in [-0.1, -0.05) is 31.2 Å². The molecule has 0 aromatic carbocycles. The van der Waals surface area contributed by atoms with E-state index in [0.29, 0.717) is 5.92 Å². The van der Waals surface area contributed by atoms with Crippen LogP contribution in [0.2, 0.25) is 0 Å². The van der Waals surface area contributed by atoms with Gasteiger partial charge in [0.15, 0.2) is 0 Å². The average molecular weight is 179 g/mol. The smallest absolute Gasteiger partial charge is 0.0203 e. The van der Waals surface area contributed by atoms with Crippen LogP contribution in [0, 0.1) is 5.92 Å². The molecule has 0 bridgehead atoms. The predicted molar refractivity (Wildman–Crippen MR) is 60.6 cm³/mol. The van der Waals surface area contributed by atoms with Crippen molar-refractivity contribution in [2.75, 3.05) is 7.05 Å². The number of nitrogens with one attached hydrogen (secondary N) is 1. The van der Waals surface area contributed by atoms with Crippen LogP contribution in [-0.4, -0.2) is 7.05 Å². The minimum absolute atomic E-state index is 0.437. The molecule has 0 spiro atoms. The number of rotatable bonds is 4. The Hall–Kier alpha value is -0.980. The van der Waals surface area contributed by atoms with Gasteiger partial charge in [-0.05, 0) is 26.3 Å². The molecule has 0 rings (SSSR count). The van der Waals surface area contributed by atoms with Crippen LogP contribution in [0.5, 0.6) is 0 Å². The summed E-state index contributed by atoms with van der Waals surface area (Å²) >= 11 is 0. The van der Waals surface area contributed by atoms with E-state index in [9.17, 15) is 0 Å². The Balaban J connectivity index is 4.86. The third-order valence-electron chi connectivity index (χ3n) is 2.25. The molecule has 0 heterocycles. The lowest BCUT2D eigenvalue weighted by molar-refractivity contribution is 0.750. The summed E-state index contributed by atoms with van der Waals surface area (Å²) < 4.78 is 0. The summed E-state index contributed by atoms with van der Waals surface area (Å²) in [5, 5.41) is 3.24. The van der Waals surface area contributed by atoms with E-state index >= 15 is 0 Å². The Morgan fingerprint density at radius 3 is 2.23 bits per heavy atom. The zero-order valence-electron chi connectivity index (χ0n) is 9.44. The van der Waals surface area contributed by atoms with Gasteiger partial charge in [-0.3, -0.25) is 0 Å². The Labute approximate surface area is 82.2 Å². The van der Waals surface area contributed by atoms with Crippen LogP contribution in [0.25, 0.3) is 0 Å². The summed E-state index contributed by atoms with van der Waals surface area (Å²) in [6.45, 7) is 12.3. The van der Waals surface area contributed by atoms with Gasteiger partial charge in [0.2, 0.25) is 0 Å². The normalized spacial score (nSPS) is 15.5. The molecule has 0 saturated heterocycles. The van der Waals surface area contributed by atoms with Gasteiger partial charge in [0.05, 0.1) is 0 Å². The minimum atomic E-state index is 0.437. The molecule has 1 nitrogen and oxygen atoms in total. The fraction of sp³-hybridized carbons (Fsp3) is 0.500. The molecule has 74 valence electrons. The monoisotopic (exact) mass is 179 g/mol. The van der Waals surface area contributed by atoms with E-state index in [1.165, 1.54) is 11.3 Å². The average Bonchev–Trinajstić information content (AvgIpc) is 2.05. The Morgan fingerprint density at radius 1 is 1.38 bits per heavy atom. The summed E-state index contributed by atoms with van der Waals surface area (Å²) in [6.07, 6.45) is 4.26.